The zero-order valence-corrected chi connectivity index (χ0v) is 10.1. The van der Waals surface area contributed by atoms with E-state index < -0.39 is 5.91 Å². The molecule has 0 saturated heterocycles. The molecule has 0 radical (unpaired) electrons. The summed E-state index contributed by atoms with van der Waals surface area (Å²) in [6.45, 7) is 2.40. The van der Waals surface area contributed by atoms with Crippen molar-refractivity contribution in [2.45, 2.75) is 6.92 Å². The number of primary amides is 1. The summed E-state index contributed by atoms with van der Waals surface area (Å²) in [4.78, 5) is 15.6. The molecular formula is C14H14N2O2. The van der Waals surface area contributed by atoms with Crippen LogP contribution in [-0.2, 0) is 0 Å². The second-order valence-corrected chi connectivity index (χ2v) is 3.70. The van der Waals surface area contributed by atoms with Gasteiger partial charge in [-0.15, -0.1) is 0 Å². The summed E-state index contributed by atoms with van der Waals surface area (Å²) >= 11 is 0. The maximum atomic E-state index is 11.4. The number of hydrogen-bond acceptors (Lipinski definition) is 3. The van der Waals surface area contributed by atoms with Gasteiger partial charge in [0.05, 0.1) is 6.61 Å². The lowest BCUT2D eigenvalue weighted by Gasteiger charge is -2.11. The SMILES string of the molecule is CCOc1ncccc1-c1ccccc1C(N)=O. The van der Waals surface area contributed by atoms with Crippen LogP contribution in [0.1, 0.15) is 17.3 Å². The van der Waals surface area contributed by atoms with E-state index in [4.69, 9.17) is 10.5 Å². The Morgan fingerprint density at radius 1 is 1.22 bits per heavy atom. The Labute approximate surface area is 105 Å². The maximum Gasteiger partial charge on any atom is 0.249 e. The second kappa shape index (κ2) is 5.31. The molecule has 2 rings (SSSR count). The van der Waals surface area contributed by atoms with Crippen LogP contribution < -0.4 is 10.5 Å². The molecule has 4 heteroatoms. The molecule has 4 nitrogen and oxygen atoms in total. The van der Waals surface area contributed by atoms with Gasteiger partial charge in [-0.25, -0.2) is 4.98 Å². The Kier molecular flexibility index (Phi) is 3.57. The van der Waals surface area contributed by atoms with Crippen LogP contribution in [0.25, 0.3) is 11.1 Å². The van der Waals surface area contributed by atoms with E-state index in [2.05, 4.69) is 4.98 Å². The van der Waals surface area contributed by atoms with Crippen LogP contribution in [0.15, 0.2) is 42.6 Å². The molecule has 0 aliphatic heterocycles. The first-order valence-electron chi connectivity index (χ1n) is 5.71. The number of hydrogen-bond donors (Lipinski definition) is 1. The van der Waals surface area contributed by atoms with Crippen molar-refractivity contribution in [3.63, 3.8) is 0 Å². The number of carbonyl (C=O) groups excluding carboxylic acids is 1. The zero-order chi connectivity index (χ0) is 13.0. The van der Waals surface area contributed by atoms with Crippen molar-refractivity contribution >= 4 is 5.91 Å². The number of benzene rings is 1. The summed E-state index contributed by atoms with van der Waals surface area (Å²) in [6.07, 6.45) is 1.65. The van der Waals surface area contributed by atoms with Crippen LogP contribution >= 0.6 is 0 Å². The number of carbonyl (C=O) groups is 1. The molecule has 0 bridgehead atoms. The van der Waals surface area contributed by atoms with Crippen molar-refractivity contribution in [2.75, 3.05) is 6.61 Å². The van der Waals surface area contributed by atoms with Crippen LogP contribution in [0.5, 0.6) is 5.88 Å². The van der Waals surface area contributed by atoms with E-state index in [1.54, 1.807) is 24.4 Å². The van der Waals surface area contributed by atoms with Crippen molar-refractivity contribution in [1.82, 2.24) is 4.98 Å². The van der Waals surface area contributed by atoms with E-state index in [1.165, 1.54) is 0 Å². The van der Waals surface area contributed by atoms with E-state index in [-0.39, 0.29) is 0 Å². The average molecular weight is 242 g/mol. The topological polar surface area (TPSA) is 65.2 Å². The molecule has 18 heavy (non-hydrogen) atoms. The van der Waals surface area contributed by atoms with Gasteiger partial charge >= 0.3 is 0 Å². The quantitative estimate of drug-likeness (QED) is 0.894. The summed E-state index contributed by atoms with van der Waals surface area (Å²) in [5.74, 6) is 0.0469. The van der Waals surface area contributed by atoms with Crippen LogP contribution in [0.3, 0.4) is 0 Å². The minimum absolute atomic E-state index is 0.461. The predicted molar refractivity (Wildman–Crippen MR) is 69.4 cm³/mol. The molecule has 0 atom stereocenters. The van der Waals surface area contributed by atoms with Gasteiger partial charge in [0.1, 0.15) is 0 Å². The van der Waals surface area contributed by atoms with Crippen molar-refractivity contribution in [3.8, 4) is 17.0 Å². The highest BCUT2D eigenvalue weighted by Crippen LogP contribution is 2.30. The molecule has 0 saturated carbocycles. The third-order valence-electron chi connectivity index (χ3n) is 2.53. The number of ether oxygens (including phenoxy) is 1. The number of rotatable bonds is 4. The Morgan fingerprint density at radius 3 is 2.67 bits per heavy atom. The fraction of sp³-hybridized carbons (Fsp3) is 0.143. The summed E-state index contributed by atoms with van der Waals surface area (Å²) in [7, 11) is 0. The number of nitrogens with zero attached hydrogens (tertiary/aromatic N) is 1. The molecule has 0 aliphatic carbocycles. The lowest BCUT2D eigenvalue weighted by atomic mass is 10.0. The van der Waals surface area contributed by atoms with Crippen molar-refractivity contribution < 1.29 is 9.53 Å². The van der Waals surface area contributed by atoms with Crippen LogP contribution in [0.2, 0.25) is 0 Å². The smallest absolute Gasteiger partial charge is 0.249 e. The molecule has 2 aromatic rings. The zero-order valence-electron chi connectivity index (χ0n) is 10.1. The molecular weight excluding hydrogens is 228 g/mol. The number of pyridine rings is 1. The third kappa shape index (κ3) is 2.32. The lowest BCUT2D eigenvalue weighted by molar-refractivity contribution is 0.100. The van der Waals surface area contributed by atoms with Crippen LogP contribution in [-0.4, -0.2) is 17.5 Å². The second-order valence-electron chi connectivity index (χ2n) is 3.70. The van der Waals surface area contributed by atoms with E-state index in [0.29, 0.717) is 18.1 Å². The summed E-state index contributed by atoms with van der Waals surface area (Å²) in [5, 5.41) is 0. The highest BCUT2D eigenvalue weighted by molar-refractivity contribution is 6.00. The minimum Gasteiger partial charge on any atom is -0.478 e. The van der Waals surface area contributed by atoms with Gasteiger partial charge in [0, 0.05) is 17.3 Å². The van der Waals surface area contributed by atoms with Gasteiger partial charge in [-0.3, -0.25) is 4.79 Å². The Bertz CT molecular complexity index is 567. The van der Waals surface area contributed by atoms with Gasteiger partial charge in [0.15, 0.2) is 0 Å². The standard InChI is InChI=1S/C14H14N2O2/c1-2-18-14-12(8-5-9-16-14)10-6-3-4-7-11(10)13(15)17/h3-9H,2H2,1H3,(H2,15,17). The molecule has 1 amide bonds. The van der Waals surface area contributed by atoms with Gasteiger partial charge < -0.3 is 10.5 Å². The van der Waals surface area contributed by atoms with Gasteiger partial charge in [0.2, 0.25) is 11.8 Å². The molecule has 1 heterocycles. The fourth-order valence-corrected chi connectivity index (χ4v) is 1.78. The molecule has 1 aromatic heterocycles. The number of amides is 1. The van der Waals surface area contributed by atoms with E-state index in [0.717, 1.165) is 11.1 Å². The Morgan fingerprint density at radius 2 is 1.94 bits per heavy atom. The fourth-order valence-electron chi connectivity index (χ4n) is 1.78. The first-order valence-corrected chi connectivity index (χ1v) is 5.71. The maximum absolute atomic E-state index is 11.4. The molecule has 0 fully saturated rings. The summed E-state index contributed by atoms with van der Waals surface area (Å²) in [6, 6.07) is 10.8. The molecule has 92 valence electrons. The highest BCUT2D eigenvalue weighted by Gasteiger charge is 2.13. The molecule has 0 unspecified atom stereocenters. The Hall–Kier alpha value is -2.36. The highest BCUT2D eigenvalue weighted by atomic mass is 16.5. The summed E-state index contributed by atoms with van der Waals surface area (Å²) in [5.41, 5.74) is 7.35. The van der Waals surface area contributed by atoms with Crippen molar-refractivity contribution in [2.24, 2.45) is 5.73 Å². The van der Waals surface area contributed by atoms with Crippen LogP contribution in [0, 0.1) is 0 Å². The molecule has 0 spiro atoms. The first kappa shape index (κ1) is 12.1. The van der Waals surface area contributed by atoms with Gasteiger partial charge in [-0.2, -0.15) is 0 Å². The Balaban J connectivity index is 2.58. The molecule has 1 aromatic carbocycles. The molecule has 2 N–H and O–H groups in total. The van der Waals surface area contributed by atoms with Crippen LogP contribution in [0.4, 0.5) is 0 Å². The lowest BCUT2D eigenvalue weighted by Crippen LogP contribution is -2.12. The normalized spacial score (nSPS) is 10.1. The van der Waals surface area contributed by atoms with Gasteiger partial charge in [-0.1, -0.05) is 18.2 Å². The van der Waals surface area contributed by atoms with E-state index in [1.807, 2.05) is 25.1 Å². The first-order chi connectivity index (χ1) is 8.74. The van der Waals surface area contributed by atoms with E-state index >= 15 is 0 Å². The number of aromatic nitrogens is 1. The predicted octanol–water partition coefficient (Wildman–Crippen LogP) is 2.25. The number of nitrogens with two attached hydrogens (primary N) is 1. The largest absolute Gasteiger partial charge is 0.478 e. The minimum atomic E-state index is -0.461. The van der Waals surface area contributed by atoms with Gasteiger partial charge in [0.25, 0.3) is 0 Å². The molecule has 0 aliphatic rings. The van der Waals surface area contributed by atoms with Crippen molar-refractivity contribution in [1.29, 1.82) is 0 Å². The summed E-state index contributed by atoms with van der Waals surface area (Å²) < 4.78 is 5.46. The third-order valence-corrected chi connectivity index (χ3v) is 2.53. The monoisotopic (exact) mass is 242 g/mol. The van der Waals surface area contributed by atoms with Gasteiger partial charge in [-0.05, 0) is 30.7 Å². The average Bonchev–Trinajstić information content (AvgIpc) is 2.40. The van der Waals surface area contributed by atoms with Crippen molar-refractivity contribution in [3.05, 3.63) is 48.2 Å². The van der Waals surface area contributed by atoms with E-state index in [9.17, 15) is 4.79 Å².